The number of nitrogens with zero attached hydrogens (tertiary/aromatic N) is 4. The van der Waals surface area contributed by atoms with Crippen LogP contribution in [0.25, 0.3) is 0 Å². The third-order valence-electron chi connectivity index (χ3n) is 2.99. The molecule has 9 nitrogen and oxygen atoms in total. The van der Waals surface area contributed by atoms with Gasteiger partial charge in [0.15, 0.2) is 5.82 Å². The maximum Gasteiger partial charge on any atom is 0.339 e. The zero-order valence-corrected chi connectivity index (χ0v) is 14.2. The van der Waals surface area contributed by atoms with Gasteiger partial charge in [0.1, 0.15) is 0 Å². The monoisotopic (exact) mass is 351 g/mol. The number of aromatic nitrogens is 3. The lowest BCUT2D eigenvalue weighted by Gasteiger charge is -2.11. The maximum absolute atomic E-state index is 12.3. The van der Waals surface area contributed by atoms with Crippen LogP contribution < -0.4 is 5.84 Å². The van der Waals surface area contributed by atoms with Crippen molar-refractivity contribution in [3.63, 3.8) is 0 Å². The van der Waals surface area contributed by atoms with Gasteiger partial charge in [0, 0.05) is 23.4 Å². The molecule has 2 N–H and O–H groups in total. The first-order chi connectivity index (χ1) is 11.3. The molecule has 1 aromatic carbocycles. The number of hydrogen-bond acceptors (Lipinski definition) is 8. The van der Waals surface area contributed by atoms with Gasteiger partial charge in [0.2, 0.25) is 5.16 Å². The molecular formula is C14H17N5O4S. The number of nitro groups is 1. The minimum absolute atomic E-state index is 0.0870. The second kappa shape index (κ2) is 7.30. The third kappa shape index (κ3) is 3.82. The summed E-state index contributed by atoms with van der Waals surface area (Å²) in [6.45, 7) is 5.29. The Morgan fingerprint density at radius 2 is 2.17 bits per heavy atom. The average Bonchev–Trinajstić information content (AvgIpc) is 2.87. The van der Waals surface area contributed by atoms with Crippen molar-refractivity contribution in [1.82, 2.24) is 14.9 Å². The van der Waals surface area contributed by atoms with E-state index in [9.17, 15) is 14.9 Å². The molecule has 128 valence electrons. The zero-order valence-electron chi connectivity index (χ0n) is 13.4. The lowest BCUT2D eigenvalue weighted by molar-refractivity contribution is -0.384. The van der Waals surface area contributed by atoms with Gasteiger partial charge in [0.05, 0.1) is 16.6 Å². The molecule has 10 heteroatoms. The molecule has 0 radical (unpaired) electrons. The van der Waals surface area contributed by atoms with Crippen molar-refractivity contribution >= 4 is 23.4 Å². The Balaban J connectivity index is 2.42. The molecule has 0 saturated carbocycles. The molecule has 2 rings (SSSR count). The van der Waals surface area contributed by atoms with Crippen LogP contribution in [0.3, 0.4) is 0 Å². The second-order valence-corrected chi connectivity index (χ2v) is 6.13. The summed E-state index contributed by atoms with van der Waals surface area (Å²) in [6.07, 6.45) is 0.256. The number of ether oxygens (including phenoxy) is 1. The van der Waals surface area contributed by atoms with E-state index in [4.69, 9.17) is 10.6 Å². The van der Waals surface area contributed by atoms with Crippen LogP contribution in [0.15, 0.2) is 28.3 Å². The summed E-state index contributed by atoms with van der Waals surface area (Å²) in [4.78, 5) is 23.1. The fourth-order valence-corrected chi connectivity index (χ4v) is 2.74. The SMILES string of the molecule is CCc1nnc(Sc2ccc([N+](=O)[O-])cc2C(=O)OC(C)C)n1N. The maximum atomic E-state index is 12.3. The van der Waals surface area contributed by atoms with E-state index in [0.717, 1.165) is 11.8 Å². The summed E-state index contributed by atoms with van der Waals surface area (Å²) < 4.78 is 6.48. The van der Waals surface area contributed by atoms with E-state index >= 15 is 0 Å². The summed E-state index contributed by atoms with van der Waals surface area (Å²) in [7, 11) is 0. The molecule has 1 aromatic heterocycles. The molecule has 0 aliphatic heterocycles. The van der Waals surface area contributed by atoms with E-state index in [-0.39, 0.29) is 17.4 Å². The van der Waals surface area contributed by atoms with Crippen molar-refractivity contribution in [2.24, 2.45) is 0 Å². The summed E-state index contributed by atoms with van der Waals surface area (Å²) in [5, 5.41) is 19.2. The fourth-order valence-electron chi connectivity index (χ4n) is 1.87. The lowest BCUT2D eigenvalue weighted by Crippen LogP contribution is -2.14. The highest BCUT2D eigenvalue weighted by molar-refractivity contribution is 7.99. The van der Waals surface area contributed by atoms with E-state index < -0.39 is 10.9 Å². The van der Waals surface area contributed by atoms with Crippen molar-refractivity contribution in [2.45, 2.75) is 43.3 Å². The highest BCUT2D eigenvalue weighted by Crippen LogP contribution is 2.32. The van der Waals surface area contributed by atoms with Gasteiger partial charge in [-0.05, 0) is 31.7 Å². The predicted molar refractivity (Wildman–Crippen MR) is 87.3 cm³/mol. The minimum atomic E-state index is -0.644. The van der Waals surface area contributed by atoms with Gasteiger partial charge in [-0.25, -0.2) is 9.47 Å². The van der Waals surface area contributed by atoms with E-state index in [2.05, 4.69) is 10.2 Å². The Labute approximate surface area is 142 Å². The van der Waals surface area contributed by atoms with Gasteiger partial charge in [-0.3, -0.25) is 10.1 Å². The summed E-state index contributed by atoms with van der Waals surface area (Å²) in [5.74, 6) is 5.84. The average molecular weight is 351 g/mol. The molecule has 0 amide bonds. The first-order valence-electron chi connectivity index (χ1n) is 7.20. The molecule has 0 unspecified atom stereocenters. The van der Waals surface area contributed by atoms with Gasteiger partial charge in [-0.1, -0.05) is 6.92 Å². The molecule has 24 heavy (non-hydrogen) atoms. The number of aryl methyl sites for hydroxylation is 1. The normalized spacial score (nSPS) is 10.8. The van der Waals surface area contributed by atoms with Crippen molar-refractivity contribution in [2.75, 3.05) is 5.84 Å². The molecule has 0 aliphatic rings. The van der Waals surface area contributed by atoms with Gasteiger partial charge < -0.3 is 10.6 Å². The Morgan fingerprint density at radius 3 is 2.71 bits per heavy atom. The van der Waals surface area contributed by atoms with Gasteiger partial charge in [-0.15, -0.1) is 10.2 Å². The largest absolute Gasteiger partial charge is 0.459 e. The highest BCUT2D eigenvalue weighted by Gasteiger charge is 2.21. The van der Waals surface area contributed by atoms with Crippen molar-refractivity contribution in [1.29, 1.82) is 0 Å². The highest BCUT2D eigenvalue weighted by atomic mass is 32.2. The van der Waals surface area contributed by atoms with Crippen LogP contribution in [0, 0.1) is 10.1 Å². The zero-order chi connectivity index (χ0) is 17.9. The molecular weight excluding hydrogens is 334 g/mol. The molecule has 0 aliphatic carbocycles. The Morgan fingerprint density at radius 1 is 1.46 bits per heavy atom. The van der Waals surface area contributed by atoms with Crippen LogP contribution in [0.4, 0.5) is 5.69 Å². The van der Waals surface area contributed by atoms with Crippen molar-refractivity contribution in [3.05, 3.63) is 39.7 Å². The lowest BCUT2D eigenvalue weighted by atomic mass is 10.2. The van der Waals surface area contributed by atoms with Crippen LogP contribution >= 0.6 is 11.8 Å². The number of esters is 1. The predicted octanol–water partition coefficient (Wildman–Crippen LogP) is 2.18. The Bertz CT molecular complexity index is 775. The van der Waals surface area contributed by atoms with E-state index in [1.165, 1.54) is 22.9 Å². The van der Waals surface area contributed by atoms with E-state index in [0.29, 0.717) is 22.3 Å². The van der Waals surface area contributed by atoms with Crippen LogP contribution in [-0.2, 0) is 11.2 Å². The van der Waals surface area contributed by atoms with Crippen LogP contribution in [0.1, 0.15) is 37.0 Å². The third-order valence-corrected chi connectivity index (χ3v) is 4.03. The van der Waals surface area contributed by atoms with Crippen molar-refractivity contribution in [3.8, 4) is 0 Å². The van der Waals surface area contributed by atoms with Crippen LogP contribution in [0.2, 0.25) is 0 Å². The van der Waals surface area contributed by atoms with E-state index in [1.54, 1.807) is 13.8 Å². The number of rotatable bonds is 6. The first kappa shape index (κ1) is 17.7. The topological polar surface area (TPSA) is 126 Å². The molecule has 0 spiro atoms. The summed E-state index contributed by atoms with van der Waals surface area (Å²) in [6, 6.07) is 3.97. The molecule has 1 heterocycles. The minimum Gasteiger partial charge on any atom is -0.459 e. The van der Waals surface area contributed by atoms with Crippen molar-refractivity contribution < 1.29 is 14.5 Å². The molecule has 0 atom stereocenters. The number of benzene rings is 1. The van der Waals surface area contributed by atoms with E-state index in [1.807, 2.05) is 6.92 Å². The van der Waals surface area contributed by atoms with Gasteiger partial charge in [0.25, 0.3) is 5.69 Å². The fraction of sp³-hybridized carbons (Fsp3) is 0.357. The Kier molecular flexibility index (Phi) is 5.39. The number of nitrogens with two attached hydrogens (primary N) is 1. The Hall–Kier alpha value is -2.62. The molecule has 0 fully saturated rings. The summed E-state index contributed by atoms with van der Waals surface area (Å²) in [5.41, 5.74) is -0.109. The number of nitrogen functional groups attached to an aromatic ring is 1. The smallest absolute Gasteiger partial charge is 0.339 e. The molecule has 2 aromatic rings. The van der Waals surface area contributed by atoms with Gasteiger partial charge >= 0.3 is 5.97 Å². The van der Waals surface area contributed by atoms with Crippen LogP contribution in [-0.4, -0.2) is 31.9 Å². The quantitative estimate of drug-likeness (QED) is 0.363. The van der Waals surface area contributed by atoms with Gasteiger partial charge in [-0.2, -0.15) is 0 Å². The number of carbonyl (C=O) groups excluding carboxylic acids is 1. The number of hydrogen-bond donors (Lipinski definition) is 1. The molecule has 0 bridgehead atoms. The second-order valence-electron chi connectivity index (χ2n) is 5.12. The number of nitro benzene ring substituents is 1. The standard InChI is InChI=1S/C14H17N5O4S/c1-4-12-16-17-14(18(12)15)24-11-6-5-9(19(21)22)7-10(11)13(20)23-8(2)3/h5-8H,4,15H2,1-3H3. The van der Waals surface area contributed by atoms with Crippen LogP contribution in [0.5, 0.6) is 0 Å². The molecule has 0 saturated heterocycles. The number of carbonyl (C=O) groups is 1. The number of non-ortho nitro benzene ring substituents is 1. The first-order valence-corrected chi connectivity index (χ1v) is 8.01. The summed E-state index contributed by atoms with van der Waals surface area (Å²) >= 11 is 1.09.